The van der Waals surface area contributed by atoms with Crippen LogP contribution in [-0.4, -0.2) is 30.4 Å². The number of halogens is 1. The lowest BCUT2D eigenvalue weighted by Crippen LogP contribution is -2.58. The van der Waals surface area contributed by atoms with Crippen molar-refractivity contribution in [3.63, 3.8) is 0 Å². The summed E-state index contributed by atoms with van der Waals surface area (Å²) in [6.45, 7) is 3.45. The highest BCUT2D eigenvalue weighted by Crippen LogP contribution is 2.52. The van der Waals surface area contributed by atoms with E-state index >= 15 is 0 Å². The lowest BCUT2D eigenvalue weighted by molar-refractivity contribution is -0.0320. The molecule has 15 heavy (non-hydrogen) atoms. The van der Waals surface area contributed by atoms with Crippen LogP contribution in [0.15, 0.2) is 4.99 Å². The first-order valence-electron chi connectivity index (χ1n) is 5.57. The molecule has 84 valence electrons. The number of isocyanates is 1. The molecule has 1 aliphatic carbocycles. The number of hydrogen-bond acceptors (Lipinski definition) is 3. The summed E-state index contributed by atoms with van der Waals surface area (Å²) in [7, 11) is 0. The second kappa shape index (κ2) is 3.69. The fraction of sp³-hybridized carbons (Fsp3) is 0.909. The lowest BCUT2D eigenvalue weighted by Gasteiger charge is -2.51. The van der Waals surface area contributed by atoms with Crippen molar-refractivity contribution >= 4 is 6.08 Å². The van der Waals surface area contributed by atoms with Crippen molar-refractivity contribution in [3.05, 3.63) is 0 Å². The lowest BCUT2D eigenvalue weighted by atomic mass is 9.60. The summed E-state index contributed by atoms with van der Waals surface area (Å²) in [5.41, 5.74) is -1.60. The largest absolute Gasteiger partial charge is 0.316 e. The van der Waals surface area contributed by atoms with Gasteiger partial charge in [-0.2, -0.15) is 4.99 Å². The molecule has 1 aliphatic heterocycles. The van der Waals surface area contributed by atoms with Crippen LogP contribution in [0.5, 0.6) is 0 Å². The van der Waals surface area contributed by atoms with Gasteiger partial charge in [0.15, 0.2) is 0 Å². The van der Waals surface area contributed by atoms with E-state index < -0.39 is 11.2 Å². The molecule has 4 heteroatoms. The normalized spacial score (nSPS) is 45.3. The van der Waals surface area contributed by atoms with Gasteiger partial charge in [0.05, 0.1) is 5.54 Å². The Kier molecular flexibility index (Phi) is 2.65. The molecule has 0 amide bonds. The third-order valence-electron chi connectivity index (χ3n) is 3.67. The van der Waals surface area contributed by atoms with E-state index in [9.17, 15) is 9.18 Å². The third-order valence-corrected chi connectivity index (χ3v) is 3.67. The topological polar surface area (TPSA) is 41.5 Å². The number of carbonyl (C=O) groups excluding carboxylic acids is 1. The minimum Gasteiger partial charge on any atom is -0.316 e. The molecule has 1 N–H and O–H groups in total. The van der Waals surface area contributed by atoms with Crippen LogP contribution in [-0.2, 0) is 4.79 Å². The first-order valence-corrected chi connectivity index (χ1v) is 5.57. The Balaban J connectivity index is 2.10. The van der Waals surface area contributed by atoms with Gasteiger partial charge >= 0.3 is 0 Å². The summed E-state index contributed by atoms with van der Waals surface area (Å²) in [5.74, 6) is 0.302. The van der Waals surface area contributed by atoms with Crippen molar-refractivity contribution < 1.29 is 9.18 Å². The standard InChI is InChI=1S/C11H17FN2O/c1-10(12)6-11(7-10,14-8-15)9-3-2-4-13-5-9/h9,13H,2-7H2,1H3. The number of nitrogens with zero attached hydrogens (tertiary/aromatic N) is 1. The van der Waals surface area contributed by atoms with Crippen molar-refractivity contribution in [2.75, 3.05) is 13.1 Å². The number of piperidine rings is 1. The molecular weight excluding hydrogens is 195 g/mol. The van der Waals surface area contributed by atoms with Gasteiger partial charge in [0, 0.05) is 19.4 Å². The van der Waals surface area contributed by atoms with Gasteiger partial charge in [-0.05, 0) is 32.2 Å². The fourth-order valence-corrected chi connectivity index (χ4v) is 3.09. The maximum atomic E-state index is 13.6. The SMILES string of the molecule is CC1(F)CC(N=C=O)(C2CCCNC2)C1. The summed E-state index contributed by atoms with van der Waals surface area (Å²) < 4.78 is 13.6. The molecule has 1 saturated carbocycles. The van der Waals surface area contributed by atoms with Gasteiger partial charge in [-0.25, -0.2) is 9.18 Å². The van der Waals surface area contributed by atoms with Crippen molar-refractivity contribution in [3.8, 4) is 0 Å². The van der Waals surface area contributed by atoms with Crippen molar-refractivity contribution in [1.82, 2.24) is 5.32 Å². The van der Waals surface area contributed by atoms with E-state index in [0.717, 1.165) is 25.9 Å². The minimum atomic E-state index is -1.14. The maximum Gasteiger partial charge on any atom is 0.235 e. The number of aliphatic imine (C=N–C) groups is 1. The van der Waals surface area contributed by atoms with E-state index in [4.69, 9.17) is 0 Å². The molecule has 1 heterocycles. The van der Waals surface area contributed by atoms with Gasteiger partial charge in [-0.15, -0.1) is 0 Å². The van der Waals surface area contributed by atoms with Gasteiger partial charge < -0.3 is 5.32 Å². The van der Waals surface area contributed by atoms with Gasteiger partial charge in [0.25, 0.3) is 0 Å². The predicted octanol–water partition coefficient (Wildman–Crippen LogP) is 1.58. The quantitative estimate of drug-likeness (QED) is 0.557. The van der Waals surface area contributed by atoms with Crippen LogP contribution in [0.4, 0.5) is 4.39 Å². The van der Waals surface area contributed by atoms with Gasteiger partial charge in [-0.3, -0.25) is 0 Å². The van der Waals surface area contributed by atoms with Crippen LogP contribution < -0.4 is 5.32 Å². The van der Waals surface area contributed by atoms with Crippen LogP contribution in [0, 0.1) is 5.92 Å². The fourth-order valence-electron chi connectivity index (χ4n) is 3.09. The molecule has 3 nitrogen and oxygen atoms in total. The molecule has 2 aliphatic rings. The highest BCUT2D eigenvalue weighted by atomic mass is 19.1. The number of alkyl halides is 1. The van der Waals surface area contributed by atoms with E-state index in [1.165, 1.54) is 0 Å². The van der Waals surface area contributed by atoms with Gasteiger partial charge in [-0.1, -0.05) is 0 Å². The summed E-state index contributed by atoms with van der Waals surface area (Å²) in [4.78, 5) is 14.3. The zero-order valence-electron chi connectivity index (χ0n) is 9.05. The first-order chi connectivity index (χ1) is 7.08. The molecule has 1 unspecified atom stereocenters. The van der Waals surface area contributed by atoms with Gasteiger partial charge in [0.2, 0.25) is 6.08 Å². The second-order valence-electron chi connectivity index (χ2n) is 5.12. The zero-order chi connectivity index (χ0) is 10.9. The van der Waals surface area contributed by atoms with Crippen LogP contribution in [0.2, 0.25) is 0 Å². The molecule has 1 atom stereocenters. The molecule has 0 aromatic rings. The number of rotatable bonds is 2. The maximum absolute atomic E-state index is 13.6. The van der Waals surface area contributed by atoms with Crippen molar-refractivity contribution in [2.24, 2.45) is 10.9 Å². The monoisotopic (exact) mass is 212 g/mol. The highest BCUT2D eigenvalue weighted by Gasteiger charge is 2.57. The summed E-state index contributed by atoms with van der Waals surface area (Å²) in [6, 6.07) is 0. The van der Waals surface area contributed by atoms with E-state index in [2.05, 4.69) is 10.3 Å². The minimum absolute atomic E-state index is 0.302. The molecular formula is C11H17FN2O. The average molecular weight is 212 g/mol. The third kappa shape index (κ3) is 1.97. The summed E-state index contributed by atoms with van der Waals surface area (Å²) in [6.07, 6.45) is 4.50. The molecule has 2 rings (SSSR count). The molecule has 0 spiro atoms. The Morgan fingerprint density at radius 2 is 2.27 bits per heavy atom. The molecule has 0 bridgehead atoms. The van der Waals surface area contributed by atoms with E-state index in [0.29, 0.717) is 18.8 Å². The smallest absolute Gasteiger partial charge is 0.235 e. The molecule has 0 aromatic heterocycles. The van der Waals surface area contributed by atoms with E-state index in [-0.39, 0.29) is 0 Å². The van der Waals surface area contributed by atoms with Gasteiger partial charge in [0.1, 0.15) is 5.67 Å². The summed E-state index contributed by atoms with van der Waals surface area (Å²) >= 11 is 0. The Bertz CT molecular complexity index is 283. The number of nitrogens with one attached hydrogen (secondary N) is 1. The van der Waals surface area contributed by atoms with E-state index in [1.54, 1.807) is 13.0 Å². The molecule has 2 fully saturated rings. The van der Waals surface area contributed by atoms with Crippen LogP contribution in [0.25, 0.3) is 0 Å². The van der Waals surface area contributed by atoms with E-state index in [1.807, 2.05) is 0 Å². The Morgan fingerprint density at radius 3 is 2.73 bits per heavy atom. The summed E-state index contributed by atoms with van der Waals surface area (Å²) in [5, 5.41) is 3.28. The number of hydrogen-bond donors (Lipinski definition) is 1. The second-order valence-corrected chi connectivity index (χ2v) is 5.12. The molecule has 1 saturated heterocycles. The van der Waals surface area contributed by atoms with Crippen molar-refractivity contribution in [1.29, 1.82) is 0 Å². The van der Waals surface area contributed by atoms with Crippen LogP contribution >= 0.6 is 0 Å². The van der Waals surface area contributed by atoms with Crippen molar-refractivity contribution in [2.45, 2.75) is 43.8 Å². The highest BCUT2D eigenvalue weighted by molar-refractivity contribution is 5.37. The van der Waals surface area contributed by atoms with Crippen LogP contribution in [0.3, 0.4) is 0 Å². The molecule has 0 aromatic carbocycles. The predicted molar refractivity (Wildman–Crippen MR) is 55.2 cm³/mol. The average Bonchev–Trinajstić information content (AvgIpc) is 2.16. The Morgan fingerprint density at radius 1 is 1.53 bits per heavy atom. The zero-order valence-corrected chi connectivity index (χ0v) is 9.05. The Hall–Kier alpha value is -0.730. The first kappa shape index (κ1) is 10.8. The Labute approximate surface area is 89.1 Å². The van der Waals surface area contributed by atoms with Crippen LogP contribution in [0.1, 0.15) is 32.6 Å². The molecule has 0 radical (unpaired) electrons.